The van der Waals surface area contributed by atoms with Gasteiger partial charge in [0, 0.05) is 30.9 Å². The number of rotatable bonds is 7. The van der Waals surface area contributed by atoms with E-state index in [1.165, 1.54) is 43.4 Å². The van der Waals surface area contributed by atoms with Crippen molar-refractivity contribution in [2.45, 2.75) is 50.7 Å². The average Bonchev–Trinajstić information content (AvgIpc) is 3.18. The second kappa shape index (κ2) is 5.93. The van der Waals surface area contributed by atoms with Crippen molar-refractivity contribution in [3.8, 4) is 0 Å². The van der Waals surface area contributed by atoms with Crippen molar-refractivity contribution in [1.82, 2.24) is 5.32 Å². The second-order valence-corrected chi connectivity index (χ2v) is 5.82. The van der Waals surface area contributed by atoms with E-state index in [0.717, 1.165) is 19.1 Å². The molecule has 2 aliphatic rings. The molecular formula is C16H24N2O. The van der Waals surface area contributed by atoms with Crippen molar-refractivity contribution >= 4 is 5.69 Å². The molecule has 0 saturated heterocycles. The number of nitrogens with zero attached hydrogens (tertiary/aromatic N) is 1. The molecule has 0 radical (unpaired) electrons. The summed E-state index contributed by atoms with van der Waals surface area (Å²) >= 11 is 0. The maximum absolute atomic E-state index is 9.22. The molecule has 3 nitrogen and oxygen atoms in total. The fourth-order valence-corrected chi connectivity index (χ4v) is 2.68. The fraction of sp³-hybridized carbons (Fsp3) is 0.625. The minimum atomic E-state index is 0.238. The van der Waals surface area contributed by atoms with Crippen LogP contribution in [0.3, 0.4) is 0 Å². The summed E-state index contributed by atoms with van der Waals surface area (Å²) in [5.41, 5.74) is 2.61. The van der Waals surface area contributed by atoms with Gasteiger partial charge in [0.05, 0.1) is 6.61 Å². The number of anilines is 1. The smallest absolute Gasteiger partial charge is 0.0606 e. The largest absolute Gasteiger partial charge is 0.395 e. The zero-order chi connectivity index (χ0) is 13.1. The van der Waals surface area contributed by atoms with Crippen molar-refractivity contribution in [3.63, 3.8) is 0 Å². The lowest BCUT2D eigenvalue weighted by Gasteiger charge is -2.39. The van der Waals surface area contributed by atoms with Crippen LogP contribution in [-0.2, 0) is 6.54 Å². The van der Waals surface area contributed by atoms with E-state index in [1.54, 1.807) is 0 Å². The molecule has 2 saturated carbocycles. The summed E-state index contributed by atoms with van der Waals surface area (Å²) in [5, 5.41) is 12.8. The van der Waals surface area contributed by atoms with E-state index in [4.69, 9.17) is 0 Å². The molecule has 3 rings (SSSR count). The molecule has 2 fully saturated rings. The zero-order valence-corrected chi connectivity index (χ0v) is 11.5. The third-order valence-electron chi connectivity index (χ3n) is 4.30. The quantitative estimate of drug-likeness (QED) is 0.789. The highest BCUT2D eigenvalue weighted by Crippen LogP contribution is 2.29. The molecule has 2 N–H and O–H groups in total. The molecule has 19 heavy (non-hydrogen) atoms. The molecule has 0 unspecified atom stereocenters. The van der Waals surface area contributed by atoms with Gasteiger partial charge < -0.3 is 15.3 Å². The third kappa shape index (κ3) is 3.28. The monoisotopic (exact) mass is 260 g/mol. The van der Waals surface area contributed by atoms with Gasteiger partial charge in [-0.2, -0.15) is 0 Å². The topological polar surface area (TPSA) is 35.5 Å². The first-order chi connectivity index (χ1) is 9.36. The first-order valence-electron chi connectivity index (χ1n) is 7.56. The van der Waals surface area contributed by atoms with Gasteiger partial charge in [0.2, 0.25) is 0 Å². The van der Waals surface area contributed by atoms with Crippen LogP contribution in [0.1, 0.15) is 37.7 Å². The van der Waals surface area contributed by atoms with Gasteiger partial charge in [-0.1, -0.05) is 12.1 Å². The molecule has 0 bridgehead atoms. The molecule has 3 heteroatoms. The molecule has 0 aromatic heterocycles. The van der Waals surface area contributed by atoms with Gasteiger partial charge in [0.25, 0.3) is 0 Å². The van der Waals surface area contributed by atoms with E-state index in [2.05, 4.69) is 34.5 Å². The Kier molecular flexibility index (Phi) is 4.04. The minimum absolute atomic E-state index is 0.238. The summed E-state index contributed by atoms with van der Waals surface area (Å²) in [6.07, 6.45) is 6.54. The number of aliphatic hydroxyl groups excluding tert-OH is 1. The van der Waals surface area contributed by atoms with Gasteiger partial charge in [-0.05, 0) is 49.8 Å². The average molecular weight is 260 g/mol. The summed E-state index contributed by atoms with van der Waals surface area (Å²) in [4.78, 5) is 2.36. The molecule has 0 aliphatic heterocycles. The van der Waals surface area contributed by atoms with Gasteiger partial charge in [-0.3, -0.25) is 0 Å². The minimum Gasteiger partial charge on any atom is -0.395 e. The first kappa shape index (κ1) is 12.9. The molecule has 1 aromatic rings. The number of hydrogen-bond acceptors (Lipinski definition) is 3. The number of aliphatic hydroxyl groups is 1. The number of hydrogen-bond donors (Lipinski definition) is 2. The standard InChI is InChI=1S/C16H24N2O/c19-11-10-18(15-2-1-3-15)16-8-4-13(5-9-16)12-17-14-6-7-14/h4-5,8-9,14-15,17,19H,1-3,6-7,10-12H2. The molecule has 1 aromatic carbocycles. The van der Waals surface area contributed by atoms with Crippen LogP contribution in [0.4, 0.5) is 5.69 Å². The van der Waals surface area contributed by atoms with Crippen LogP contribution in [0, 0.1) is 0 Å². The van der Waals surface area contributed by atoms with Crippen LogP contribution in [0.2, 0.25) is 0 Å². The lowest BCUT2D eigenvalue weighted by molar-refractivity contribution is 0.283. The summed E-state index contributed by atoms with van der Waals surface area (Å²) in [6, 6.07) is 10.3. The summed E-state index contributed by atoms with van der Waals surface area (Å²) < 4.78 is 0. The summed E-state index contributed by atoms with van der Waals surface area (Å²) in [6.45, 7) is 1.97. The first-order valence-corrected chi connectivity index (χ1v) is 7.56. The van der Waals surface area contributed by atoms with Crippen LogP contribution in [-0.4, -0.2) is 30.3 Å². The van der Waals surface area contributed by atoms with Crippen molar-refractivity contribution < 1.29 is 5.11 Å². The van der Waals surface area contributed by atoms with E-state index in [1.807, 2.05) is 0 Å². The summed E-state index contributed by atoms with van der Waals surface area (Å²) in [7, 11) is 0. The van der Waals surface area contributed by atoms with Gasteiger partial charge >= 0.3 is 0 Å². The van der Waals surface area contributed by atoms with Crippen LogP contribution in [0.25, 0.3) is 0 Å². The van der Waals surface area contributed by atoms with Crippen LogP contribution in [0.5, 0.6) is 0 Å². The maximum Gasteiger partial charge on any atom is 0.0606 e. The van der Waals surface area contributed by atoms with Crippen molar-refractivity contribution in [2.75, 3.05) is 18.1 Å². The van der Waals surface area contributed by atoms with E-state index in [9.17, 15) is 5.11 Å². The molecule has 0 heterocycles. The Hall–Kier alpha value is -1.06. The highest BCUT2D eigenvalue weighted by Gasteiger charge is 2.24. The third-order valence-corrected chi connectivity index (χ3v) is 4.30. The highest BCUT2D eigenvalue weighted by atomic mass is 16.3. The predicted octanol–water partition coefficient (Wildman–Crippen LogP) is 2.29. The Morgan fingerprint density at radius 2 is 1.84 bits per heavy atom. The Morgan fingerprint density at radius 1 is 1.11 bits per heavy atom. The van der Waals surface area contributed by atoms with E-state index < -0.39 is 0 Å². The van der Waals surface area contributed by atoms with Gasteiger partial charge in [0.15, 0.2) is 0 Å². The Bertz CT molecular complexity index is 396. The van der Waals surface area contributed by atoms with Crippen LogP contribution >= 0.6 is 0 Å². The Labute approximate surface area is 115 Å². The van der Waals surface area contributed by atoms with Crippen LogP contribution in [0.15, 0.2) is 24.3 Å². The Morgan fingerprint density at radius 3 is 2.37 bits per heavy atom. The Balaban J connectivity index is 1.61. The molecule has 104 valence electrons. The molecule has 0 atom stereocenters. The molecule has 0 spiro atoms. The van der Waals surface area contributed by atoms with Gasteiger partial charge in [0.1, 0.15) is 0 Å². The highest BCUT2D eigenvalue weighted by molar-refractivity contribution is 5.49. The second-order valence-electron chi connectivity index (χ2n) is 5.82. The lowest BCUT2D eigenvalue weighted by atomic mass is 9.91. The van der Waals surface area contributed by atoms with Crippen LogP contribution < -0.4 is 10.2 Å². The number of nitrogens with one attached hydrogen (secondary N) is 1. The number of benzene rings is 1. The molecular weight excluding hydrogens is 236 g/mol. The van der Waals surface area contributed by atoms with E-state index in [0.29, 0.717) is 6.04 Å². The van der Waals surface area contributed by atoms with E-state index >= 15 is 0 Å². The van der Waals surface area contributed by atoms with Crippen molar-refractivity contribution in [1.29, 1.82) is 0 Å². The van der Waals surface area contributed by atoms with Crippen molar-refractivity contribution in [3.05, 3.63) is 29.8 Å². The zero-order valence-electron chi connectivity index (χ0n) is 11.5. The fourth-order valence-electron chi connectivity index (χ4n) is 2.68. The summed E-state index contributed by atoms with van der Waals surface area (Å²) in [5.74, 6) is 0. The molecule has 2 aliphatic carbocycles. The molecule has 0 amide bonds. The predicted molar refractivity (Wildman–Crippen MR) is 78.4 cm³/mol. The van der Waals surface area contributed by atoms with E-state index in [-0.39, 0.29) is 6.61 Å². The van der Waals surface area contributed by atoms with Gasteiger partial charge in [-0.25, -0.2) is 0 Å². The van der Waals surface area contributed by atoms with Gasteiger partial charge in [-0.15, -0.1) is 0 Å². The maximum atomic E-state index is 9.22. The SMILES string of the molecule is OCCN(c1ccc(CNC2CC2)cc1)C1CCC1. The normalized spacial score (nSPS) is 19.2. The van der Waals surface area contributed by atoms with Crippen molar-refractivity contribution in [2.24, 2.45) is 0 Å². The lowest BCUT2D eigenvalue weighted by Crippen LogP contribution is -2.41.